The van der Waals surface area contributed by atoms with Gasteiger partial charge in [0.05, 0.1) is 0 Å². The second-order valence-electron chi connectivity index (χ2n) is 4.15. The molecule has 0 saturated carbocycles. The van der Waals surface area contributed by atoms with E-state index in [-0.39, 0.29) is 0 Å². The van der Waals surface area contributed by atoms with Crippen LogP contribution >= 0.6 is 0 Å². The van der Waals surface area contributed by atoms with Crippen molar-refractivity contribution in [3.63, 3.8) is 0 Å². The molecule has 0 spiro atoms. The molecule has 1 aliphatic rings. The summed E-state index contributed by atoms with van der Waals surface area (Å²) in [5.41, 5.74) is 2.66. The molecule has 2 rings (SSSR count). The first-order chi connectivity index (χ1) is 8.86. The van der Waals surface area contributed by atoms with Crippen molar-refractivity contribution in [1.82, 2.24) is 0 Å². The molecule has 0 atom stereocenters. The van der Waals surface area contributed by atoms with E-state index in [0.29, 0.717) is 13.2 Å². The minimum atomic E-state index is -1.76. The van der Waals surface area contributed by atoms with Gasteiger partial charge < -0.3 is 8.85 Å². The molecule has 2 nitrogen and oxygen atoms in total. The molecule has 96 valence electrons. The first-order valence-corrected chi connectivity index (χ1v) is 8.07. The van der Waals surface area contributed by atoms with Gasteiger partial charge in [0, 0.05) is 13.2 Å². The zero-order valence-corrected chi connectivity index (χ0v) is 12.2. The van der Waals surface area contributed by atoms with Crippen molar-refractivity contribution < 1.29 is 8.85 Å². The van der Waals surface area contributed by atoms with Crippen molar-refractivity contribution in [3.05, 3.63) is 48.1 Å². The second-order valence-corrected chi connectivity index (χ2v) is 6.11. The van der Waals surface area contributed by atoms with Gasteiger partial charge in [0.25, 0.3) is 0 Å². The van der Waals surface area contributed by atoms with Gasteiger partial charge >= 0.3 is 9.28 Å². The van der Waals surface area contributed by atoms with Gasteiger partial charge in [-0.2, -0.15) is 0 Å². The summed E-state index contributed by atoms with van der Waals surface area (Å²) >= 11 is 0. The molecule has 0 saturated heterocycles. The third-order valence-electron chi connectivity index (χ3n) is 2.97. The quantitative estimate of drug-likeness (QED) is 0.732. The van der Waals surface area contributed by atoms with Crippen LogP contribution in [-0.4, -0.2) is 22.5 Å². The smallest absolute Gasteiger partial charge is 0.356 e. The van der Waals surface area contributed by atoms with Crippen molar-refractivity contribution in [3.8, 4) is 0 Å². The fourth-order valence-corrected chi connectivity index (χ4v) is 4.04. The molecule has 0 heterocycles. The molecule has 0 bridgehead atoms. The Bertz CT molecular complexity index is 446. The van der Waals surface area contributed by atoms with Crippen LogP contribution in [0.15, 0.2) is 42.5 Å². The highest BCUT2D eigenvalue weighted by Gasteiger charge is 2.20. The summed E-state index contributed by atoms with van der Waals surface area (Å²) in [6.07, 6.45) is 7.49. The summed E-state index contributed by atoms with van der Waals surface area (Å²) in [6.45, 7) is 5.47. The molecule has 18 heavy (non-hydrogen) atoms. The molecule has 0 amide bonds. The first kappa shape index (κ1) is 13.3. The average molecular weight is 260 g/mol. The highest BCUT2D eigenvalue weighted by Crippen LogP contribution is 2.22. The molecule has 0 aromatic heterocycles. The average Bonchev–Trinajstić information content (AvgIpc) is 2.92. The zero-order valence-electron chi connectivity index (χ0n) is 11.1. The van der Waals surface area contributed by atoms with Gasteiger partial charge in [0.1, 0.15) is 0 Å². The molecule has 0 unspecified atom stereocenters. The summed E-state index contributed by atoms with van der Waals surface area (Å²) in [5, 5.41) is 1.26. The summed E-state index contributed by atoms with van der Waals surface area (Å²) < 4.78 is 11.7. The lowest BCUT2D eigenvalue weighted by atomic mass is 10.1. The van der Waals surface area contributed by atoms with E-state index in [0.717, 1.165) is 6.42 Å². The zero-order chi connectivity index (χ0) is 12.8. The third-order valence-corrected chi connectivity index (χ3v) is 5.25. The topological polar surface area (TPSA) is 18.5 Å². The minimum Gasteiger partial charge on any atom is -0.394 e. The van der Waals surface area contributed by atoms with E-state index in [4.69, 9.17) is 8.85 Å². The van der Waals surface area contributed by atoms with Crippen molar-refractivity contribution in [2.75, 3.05) is 13.2 Å². The first-order valence-electron chi connectivity index (χ1n) is 6.55. The third kappa shape index (κ3) is 2.99. The van der Waals surface area contributed by atoms with Crippen LogP contribution in [0.4, 0.5) is 0 Å². The lowest BCUT2D eigenvalue weighted by molar-refractivity contribution is 0.225. The molecule has 0 aliphatic heterocycles. The molecule has 1 aliphatic carbocycles. The number of benzene rings is 1. The summed E-state index contributed by atoms with van der Waals surface area (Å²) in [5.74, 6) is 0. The molecule has 1 aromatic rings. The maximum atomic E-state index is 5.84. The van der Waals surface area contributed by atoms with Crippen LogP contribution < -0.4 is 5.19 Å². The van der Waals surface area contributed by atoms with Gasteiger partial charge in [-0.25, -0.2) is 0 Å². The van der Waals surface area contributed by atoms with Crippen LogP contribution in [0.25, 0.3) is 5.57 Å². The Morgan fingerprint density at radius 3 is 2.44 bits per heavy atom. The summed E-state index contributed by atoms with van der Waals surface area (Å²) in [4.78, 5) is 0. The van der Waals surface area contributed by atoms with Crippen LogP contribution in [0.3, 0.4) is 0 Å². The number of hydrogen-bond acceptors (Lipinski definition) is 2. The standard InChI is InChI=1S/C15H20O2Si/c1-3-16-18(17-4-2)15-12-8-7-11-14(15)13-9-5-6-10-13/h5-9,11-12,18H,3-4,10H2,1-2H3. The molecule has 0 radical (unpaired) electrons. The van der Waals surface area contributed by atoms with Gasteiger partial charge in [-0.1, -0.05) is 42.5 Å². The van der Waals surface area contributed by atoms with Gasteiger partial charge in [-0.3, -0.25) is 0 Å². The Morgan fingerprint density at radius 1 is 1.11 bits per heavy atom. The van der Waals surface area contributed by atoms with E-state index >= 15 is 0 Å². The minimum absolute atomic E-state index is 0.711. The maximum absolute atomic E-state index is 5.84. The highest BCUT2D eigenvalue weighted by atomic mass is 28.3. The van der Waals surface area contributed by atoms with Gasteiger partial charge in [-0.15, -0.1) is 0 Å². The Hall–Kier alpha value is -1.16. The lowest BCUT2D eigenvalue weighted by Crippen LogP contribution is -2.39. The monoisotopic (exact) mass is 260 g/mol. The molecular weight excluding hydrogens is 240 g/mol. The van der Waals surface area contributed by atoms with Crippen molar-refractivity contribution in [2.45, 2.75) is 20.3 Å². The lowest BCUT2D eigenvalue weighted by Gasteiger charge is -2.18. The Balaban J connectivity index is 2.30. The fraction of sp³-hybridized carbons (Fsp3) is 0.333. The Labute approximate surface area is 111 Å². The predicted octanol–water partition coefficient (Wildman–Crippen LogP) is 2.53. The van der Waals surface area contributed by atoms with Crippen molar-refractivity contribution >= 4 is 20.0 Å². The molecule has 1 aromatic carbocycles. The van der Waals surface area contributed by atoms with E-state index in [1.165, 1.54) is 16.3 Å². The van der Waals surface area contributed by atoms with Crippen LogP contribution in [0.1, 0.15) is 25.8 Å². The maximum Gasteiger partial charge on any atom is 0.356 e. The summed E-state index contributed by atoms with van der Waals surface area (Å²) in [7, 11) is -1.76. The molecule has 0 N–H and O–H groups in total. The number of allylic oxidation sites excluding steroid dienone is 4. The van der Waals surface area contributed by atoms with Gasteiger partial charge in [0.15, 0.2) is 0 Å². The van der Waals surface area contributed by atoms with E-state index in [1.807, 2.05) is 13.8 Å². The van der Waals surface area contributed by atoms with Crippen molar-refractivity contribution in [1.29, 1.82) is 0 Å². The molecule has 0 fully saturated rings. The Morgan fingerprint density at radius 2 is 1.83 bits per heavy atom. The number of rotatable bonds is 6. The predicted molar refractivity (Wildman–Crippen MR) is 78.2 cm³/mol. The van der Waals surface area contributed by atoms with Crippen LogP contribution in [0, 0.1) is 0 Å². The normalized spacial score (nSPS) is 14.3. The number of hydrogen-bond donors (Lipinski definition) is 0. The van der Waals surface area contributed by atoms with Crippen LogP contribution in [0.5, 0.6) is 0 Å². The molecule has 3 heteroatoms. The van der Waals surface area contributed by atoms with Crippen LogP contribution in [-0.2, 0) is 8.85 Å². The summed E-state index contributed by atoms with van der Waals surface area (Å²) in [6, 6.07) is 8.48. The second kappa shape index (κ2) is 6.68. The van der Waals surface area contributed by atoms with Gasteiger partial charge in [-0.05, 0) is 36.6 Å². The Kier molecular flexibility index (Phi) is 4.93. The van der Waals surface area contributed by atoms with Crippen molar-refractivity contribution in [2.24, 2.45) is 0 Å². The molecular formula is C15H20O2Si. The van der Waals surface area contributed by atoms with E-state index in [2.05, 4.69) is 42.5 Å². The van der Waals surface area contributed by atoms with Gasteiger partial charge in [0.2, 0.25) is 0 Å². The van der Waals surface area contributed by atoms with E-state index in [9.17, 15) is 0 Å². The van der Waals surface area contributed by atoms with E-state index < -0.39 is 9.28 Å². The highest BCUT2D eigenvalue weighted by molar-refractivity contribution is 6.62. The fourth-order valence-electron chi connectivity index (χ4n) is 2.17. The SMILES string of the molecule is CCO[SiH](OCC)c1ccccc1C1=CC=CC1. The van der Waals surface area contributed by atoms with E-state index in [1.54, 1.807) is 0 Å². The van der Waals surface area contributed by atoms with Crippen LogP contribution in [0.2, 0.25) is 0 Å². The largest absolute Gasteiger partial charge is 0.394 e.